The van der Waals surface area contributed by atoms with Gasteiger partial charge in [0.25, 0.3) is 5.91 Å². The van der Waals surface area contributed by atoms with Gasteiger partial charge in [0.05, 0.1) is 25.4 Å². The SMILES string of the molecule is COC(=O)CCN(C)C(=O)c1cn(-c2ccccc2)nn1. The molecule has 0 fully saturated rings. The van der Waals surface area contributed by atoms with Crippen LogP contribution < -0.4 is 0 Å². The van der Waals surface area contributed by atoms with Gasteiger partial charge in [-0.15, -0.1) is 5.10 Å². The first kappa shape index (κ1) is 14.7. The van der Waals surface area contributed by atoms with E-state index in [-0.39, 0.29) is 30.5 Å². The predicted molar refractivity (Wildman–Crippen MR) is 75.0 cm³/mol. The number of esters is 1. The van der Waals surface area contributed by atoms with Gasteiger partial charge in [-0.2, -0.15) is 0 Å². The van der Waals surface area contributed by atoms with Crippen molar-refractivity contribution in [3.8, 4) is 5.69 Å². The molecule has 0 aliphatic carbocycles. The first-order valence-electron chi connectivity index (χ1n) is 6.42. The minimum absolute atomic E-state index is 0.144. The fourth-order valence-electron chi connectivity index (χ4n) is 1.73. The third-order valence-corrected chi connectivity index (χ3v) is 2.96. The van der Waals surface area contributed by atoms with Gasteiger partial charge in [-0.3, -0.25) is 9.59 Å². The van der Waals surface area contributed by atoms with Crippen LogP contribution in [0.5, 0.6) is 0 Å². The number of aromatic nitrogens is 3. The molecule has 0 N–H and O–H groups in total. The van der Waals surface area contributed by atoms with E-state index in [2.05, 4.69) is 15.0 Å². The molecule has 0 aliphatic heterocycles. The third kappa shape index (κ3) is 3.65. The van der Waals surface area contributed by atoms with Crippen LogP contribution in [0.3, 0.4) is 0 Å². The first-order valence-corrected chi connectivity index (χ1v) is 6.42. The lowest BCUT2D eigenvalue weighted by Gasteiger charge is -2.14. The highest BCUT2D eigenvalue weighted by Crippen LogP contribution is 2.07. The quantitative estimate of drug-likeness (QED) is 0.764. The minimum Gasteiger partial charge on any atom is -0.469 e. The van der Waals surface area contributed by atoms with Crippen molar-refractivity contribution in [2.45, 2.75) is 6.42 Å². The molecule has 2 aromatic rings. The van der Waals surface area contributed by atoms with Crippen molar-refractivity contribution < 1.29 is 14.3 Å². The Morgan fingerprint density at radius 2 is 2.00 bits per heavy atom. The maximum absolute atomic E-state index is 12.1. The lowest BCUT2D eigenvalue weighted by molar-refractivity contribution is -0.140. The van der Waals surface area contributed by atoms with Crippen LogP contribution in [0, 0.1) is 0 Å². The van der Waals surface area contributed by atoms with Crippen LogP contribution in [0.15, 0.2) is 36.5 Å². The largest absolute Gasteiger partial charge is 0.469 e. The van der Waals surface area contributed by atoms with Crippen molar-refractivity contribution in [1.82, 2.24) is 19.9 Å². The van der Waals surface area contributed by atoms with Crippen LogP contribution in [0.4, 0.5) is 0 Å². The molecule has 1 heterocycles. The summed E-state index contributed by atoms with van der Waals surface area (Å²) in [4.78, 5) is 24.6. The van der Waals surface area contributed by atoms with Gasteiger partial charge in [-0.1, -0.05) is 23.4 Å². The first-order chi connectivity index (χ1) is 10.1. The number of carbonyl (C=O) groups is 2. The van der Waals surface area contributed by atoms with Crippen molar-refractivity contribution in [3.63, 3.8) is 0 Å². The van der Waals surface area contributed by atoms with E-state index in [9.17, 15) is 9.59 Å². The Labute approximate surface area is 122 Å². The van der Waals surface area contributed by atoms with E-state index in [1.807, 2.05) is 30.3 Å². The van der Waals surface area contributed by atoms with Crippen molar-refractivity contribution in [2.75, 3.05) is 20.7 Å². The molecular weight excluding hydrogens is 272 g/mol. The molecule has 0 radical (unpaired) electrons. The zero-order valence-electron chi connectivity index (χ0n) is 11.9. The van der Waals surface area contributed by atoms with Crippen molar-refractivity contribution >= 4 is 11.9 Å². The zero-order valence-corrected chi connectivity index (χ0v) is 11.9. The van der Waals surface area contributed by atoms with E-state index in [1.165, 1.54) is 16.7 Å². The normalized spacial score (nSPS) is 10.2. The molecule has 1 amide bonds. The Morgan fingerprint density at radius 1 is 1.29 bits per heavy atom. The second kappa shape index (κ2) is 6.65. The van der Waals surface area contributed by atoms with Gasteiger partial charge in [0.2, 0.25) is 0 Å². The molecule has 0 saturated heterocycles. The summed E-state index contributed by atoms with van der Waals surface area (Å²) in [7, 11) is 2.92. The Hall–Kier alpha value is -2.70. The second-order valence-electron chi connectivity index (χ2n) is 4.44. The second-order valence-corrected chi connectivity index (χ2v) is 4.44. The molecule has 7 nitrogen and oxygen atoms in total. The molecule has 21 heavy (non-hydrogen) atoms. The maximum Gasteiger partial charge on any atom is 0.307 e. The van der Waals surface area contributed by atoms with Crippen LogP contribution in [-0.4, -0.2) is 52.5 Å². The summed E-state index contributed by atoms with van der Waals surface area (Å²) in [5.74, 6) is -0.649. The third-order valence-electron chi connectivity index (χ3n) is 2.96. The van der Waals surface area contributed by atoms with Crippen molar-refractivity contribution in [3.05, 3.63) is 42.2 Å². The van der Waals surface area contributed by atoms with Crippen LogP contribution in [-0.2, 0) is 9.53 Å². The summed E-state index contributed by atoms with van der Waals surface area (Å²) in [5, 5.41) is 7.80. The van der Waals surface area contributed by atoms with Gasteiger partial charge in [0, 0.05) is 13.6 Å². The average molecular weight is 288 g/mol. The minimum atomic E-state index is -0.359. The number of hydrogen-bond donors (Lipinski definition) is 0. The Balaban J connectivity index is 2.03. The lowest BCUT2D eigenvalue weighted by atomic mass is 10.3. The van der Waals surface area contributed by atoms with E-state index in [1.54, 1.807) is 13.2 Å². The summed E-state index contributed by atoms with van der Waals surface area (Å²) in [5.41, 5.74) is 1.05. The van der Waals surface area contributed by atoms with Crippen molar-refractivity contribution in [2.24, 2.45) is 0 Å². The molecule has 0 aliphatic rings. The van der Waals surface area contributed by atoms with Gasteiger partial charge in [0.15, 0.2) is 5.69 Å². The number of amides is 1. The summed E-state index contributed by atoms with van der Waals surface area (Å²) in [6, 6.07) is 9.38. The van der Waals surface area contributed by atoms with Crippen molar-refractivity contribution in [1.29, 1.82) is 0 Å². The number of para-hydroxylation sites is 1. The van der Waals surface area contributed by atoms with Gasteiger partial charge in [-0.25, -0.2) is 4.68 Å². The number of carbonyl (C=O) groups excluding carboxylic acids is 2. The zero-order chi connectivity index (χ0) is 15.2. The molecule has 0 atom stereocenters. The highest BCUT2D eigenvalue weighted by Gasteiger charge is 2.17. The fraction of sp³-hybridized carbons (Fsp3) is 0.286. The standard InChI is InChI=1S/C14H16N4O3/c1-17(9-8-13(19)21-2)14(20)12-10-18(16-15-12)11-6-4-3-5-7-11/h3-7,10H,8-9H2,1-2H3. The van der Waals surface area contributed by atoms with Gasteiger partial charge in [0.1, 0.15) is 0 Å². The molecule has 110 valence electrons. The summed E-state index contributed by atoms with van der Waals surface area (Å²) in [6.07, 6.45) is 1.71. The van der Waals surface area contributed by atoms with Crippen LogP contribution in [0.25, 0.3) is 5.69 Å². The molecular formula is C14H16N4O3. The lowest BCUT2D eigenvalue weighted by Crippen LogP contribution is -2.29. The summed E-state index contributed by atoms with van der Waals surface area (Å²) in [6.45, 7) is 0.268. The topological polar surface area (TPSA) is 77.3 Å². The van der Waals surface area contributed by atoms with Gasteiger partial charge < -0.3 is 9.64 Å². The molecule has 2 rings (SSSR count). The molecule has 7 heteroatoms. The monoisotopic (exact) mass is 288 g/mol. The van der Waals surface area contributed by atoms with Crippen LogP contribution in [0.1, 0.15) is 16.9 Å². The van der Waals surface area contributed by atoms with E-state index >= 15 is 0 Å². The Morgan fingerprint density at radius 3 is 2.67 bits per heavy atom. The van der Waals surface area contributed by atoms with E-state index in [0.29, 0.717) is 0 Å². The molecule has 0 bridgehead atoms. The number of hydrogen-bond acceptors (Lipinski definition) is 5. The Kier molecular flexibility index (Phi) is 4.65. The Bertz CT molecular complexity index is 624. The van der Waals surface area contributed by atoms with Gasteiger partial charge >= 0.3 is 5.97 Å². The molecule has 1 aromatic heterocycles. The number of rotatable bonds is 5. The molecule has 1 aromatic carbocycles. The highest BCUT2D eigenvalue weighted by atomic mass is 16.5. The number of ether oxygens (including phenoxy) is 1. The average Bonchev–Trinajstić information content (AvgIpc) is 3.02. The molecule has 0 spiro atoms. The van der Waals surface area contributed by atoms with Crippen LogP contribution >= 0.6 is 0 Å². The fourth-order valence-corrected chi connectivity index (χ4v) is 1.73. The van der Waals surface area contributed by atoms with Gasteiger partial charge in [-0.05, 0) is 12.1 Å². The predicted octanol–water partition coefficient (Wildman–Crippen LogP) is 0.902. The number of benzene rings is 1. The van der Waals surface area contributed by atoms with E-state index < -0.39 is 0 Å². The maximum atomic E-state index is 12.1. The number of methoxy groups -OCH3 is 1. The van der Waals surface area contributed by atoms with E-state index in [4.69, 9.17) is 0 Å². The smallest absolute Gasteiger partial charge is 0.307 e. The summed E-state index contributed by atoms with van der Waals surface area (Å²) < 4.78 is 6.07. The van der Waals surface area contributed by atoms with Crippen LogP contribution in [0.2, 0.25) is 0 Å². The van der Waals surface area contributed by atoms with E-state index in [0.717, 1.165) is 5.69 Å². The summed E-state index contributed by atoms with van der Waals surface area (Å²) >= 11 is 0. The highest BCUT2D eigenvalue weighted by molar-refractivity contribution is 5.92. The molecule has 0 unspecified atom stereocenters. The number of nitrogens with zero attached hydrogens (tertiary/aromatic N) is 4. The molecule has 0 saturated carbocycles.